The first kappa shape index (κ1) is 31.0. The molecule has 13 nitrogen and oxygen atoms in total. The van der Waals surface area contributed by atoms with Crippen LogP contribution in [0.25, 0.3) is 11.8 Å². The van der Waals surface area contributed by atoms with Gasteiger partial charge in [0.05, 0.1) is 17.9 Å². The van der Waals surface area contributed by atoms with Crippen molar-refractivity contribution in [3.8, 4) is 5.69 Å². The number of nitrogens with zero attached hydrogens (tertiary/aromatic N) is 5. The SMILES string of the molecule is COCCNC(=O)c1cccc2c1CCN(C(=O)/C=C/c1cc(Cl)ccc1-n1cnnn1)C2C(=O)Nc1ccc(C(=O)O)cc1. The average molecular weight is 630 g/mol. The van der Waals surface area contributed by atoms with E-state index >= 15 is 0 Å². The van der Waals surface area contributed by atoms with E-state index in [2.05, 4.69) is 26.2 Å². The minimum Gasteiger partial charge on any atom is -0.478 e. The van der Waals surface area contributed by atoms with Crippen molar-refractivity contribution in [1.29, 1.82) is 0 Å². The van der Waals surface area contributed by atoms with Crippen LogP contribution < -0.4 is 10.6 Å². The topological polar surface area (TPSA) is 169 Å². The molecule has 230 valence electrons. The monoisotopic (exact) mass is 629 g/mol. The highest BCUT2D eigenvalue weighted by atomic mass is 35.5. The van der Waals surface area contributed by atoms with Crippen LogP contribution in [-0.2, 0) is 20.7 Å². The molecule has 0 bridgehead atoms. The number of fused-ring (bicyclic) bond motifs is 1. The predicted octanol–water partition coefficient (Wildman–Crippen LogP) is 3.17. The molecule has 0 saturated carbocycles. The summed E-state index contributed by atoms with van der Waals surface area (Å²) in [6, 6.07) is 14.7. The molecule has 0 fully saturated rings. The summed E-state index contributed by atoms with van der Waals surface area (Å²) in [4.78, 5) is 53.4. The van der Waals surface area contributed by atoms with E-state index in [1.165, 1.54) is 53.4 Å². The Labute approximate surface area is 262 Å². The van der Waals surface area contributed by atoms with Gasteiger partial charge in [0.15, 0.2) is 0 Å². The van der Waals surface area contributed by atoms with Gasteiger partial charge in [0.1, 0.15) is 12.4 Å². The van der Waals surface area contributed by atoms with E-state index in [1.54, 1.807) is 42.5 Å². The lowest BCUT2D eigenvalue weighted by Gasteiger charge is -2.36. The zero-order chi connectivity index (χ0) is 31.9. The third-order valence-electron chi connectivity index (χ3n) is 7.18. The Morgan fingerprint density at radius 3 is 2.62 bits per heavy atom. The molecule has 0 spiro atoms. The van der Waals surface area contributed by atoms with Crippen LogP contribution in [0, 0.1) is 0 Å². The molecule has 3 amide bonds. The molecule has 1 unspecified atom stereocenters. The fourth-order valence-electron chi connectivity index (χ4n) is 5.07. The van der Waals surface area contributed by atoms with Gasteiger partial charge in [-0.1, -0.05) is 23.7 Å². The quantitative estimate of drug-likeness (QED) is 0.176. The van der Waals surface area contributed by atoms with Gasteiger partial charge < -0.3 is 25.4 Å². The molecular formula is C31H28ClN7O6. The standard InChI is InChI=1S/C31H28ClN7O6/c1-45-16-14-33-29(41)25-4-2-3-24-23(25)13-15-38(28(24)30(42)35-22-9-5-19(6-10-22)31(43)44)27(40)12-7-20-17-21(32)8-11-26(20)39-18-34-36-37-39/h2-12,17-18,28H,13-16H2,1H3,(H,33,41)(H,35,42)(H,43,44)/b12-7+. The first-order valence-electron chi connectivity index (χ1n) is 13.8. The number of aromatic carboxylic acids is 1. The van der Waals surface area contributed by atoms with Crippen LogP contribution in [0.15, 0.2) is 73.1 Å². The Morgan fingerprint density at radius 1 is 1.11 bits per heavy atom. The zero-order valence-corrected chi connectivity index (χ0v) is 24.8. The number of anilines is 1. The molecule has 5 rings (SSSR count). The fourth-order valence-corrected chi connectivity index (χ4v) is 5.25. The molecule has 3 N–H and O–H groups in total. The molecule has 0 aliphatic carbocycles. The number of hydrogen-bond acceptors (Lipinski definition) is 8. The number of carbonyl (C=O) groups excluding carboxylic acids is 3. The number of benzene rings is 3. The van der Waals surface area contributed by atoms with Crippen molar-refractivity contribution in [2.24, 2.45) is 0 Å². The highest BCUT2D eigenvalue weighted by Crippen LogP contribution is 2.34. The average Bonchev–Trinajstić information content (AvgIpc) is 3.58. The Balaban J connectivity index is 1.48. The molecule has 0 saturated heterocycles. The van der Waals surface area contributed by atoms with E-state index in [9.17, 15) is 24.3 Å². The third-order valence-corrected chi connectivity index (χ3v) is 7.41. The highest BCUT2D eigenvalue weighted by molar-refractivity contribution is 6.30. The van der Waals surface area contributed by atoms with Crippen LogP contribution in [0.5, 0.6) is 0 Å². The number of methoxy groups -OCH3 is 1. The summed E-state index contributed by atoms with van der Waals surface area (Å²) in [5.41, 5.74) is 3.11. The van der Waals surface area contributed by atoms with Gasteiger partial charge in [-0.3, -0.25) is 14.4 Å². The summed E-state index contributed by atoms with van der Waals surface area (Å²) < 4.78 is 6.46. The zero-order valence-electron chi connectivity index (χ0n) is 24.0. The van der Waals surface area contributed by atoms with Crippen LogP contribution in [0.4, 0.5) is 5.69 Å². The maximum absolute atomic E-state index is 13.9. The molecule has 14 heteroatoms. The summed E-state index contributed by atoms with van der Waals surface area (Å²) in [5, 5.41) is 26.5. The number of carboxylic acid groups (broad SMARTS) is 1. The number of halogens is 1. The lowest BCUT2D eigenvalue weighted by Crippen LogP contribution is -2.45. The smallest absolute Gasteiger partial charge is 0.335 e. The molecule has 1 aliphatic rings. The number of tetrazole rings is 1. The van der Waals surface area contributed by atoms with E-state index < -0.39 is 23.8 Å². The number of amides is 3. The largest absolute Gasteiger partial charge is 0.478 e. The molecule has 45 heavy (non-hydrogen) atoms. The second-order valence-electron chi connectivity index (χ2n) is 9.97. The van der Waals surface area contributed by atoms with Gasteiger partial charge >= 0.3 is 5.97 Å². The number of aromatic nitrogens is 4. The Hall–Kier alpha value is -5.40. The summed E-state index contributed by atoms with van der Waals surface area (Å²) >= 11 is 6.23. The Morgan fingerprint density at radius 2 is 1.91 bits per heavy atom. The lowest BCUT2D eigenvalue weighted by atomic mass is 9.88. The molecule has 0 radical (unpaired) electrons. The van der Waals surface area contributed by atoms with Gasteiger partial charge in [0.25, 0.3) is 11.8 Å². The number of nitrogens with one attached hydrogen (secondary N) is 2. The van der Waals surface area contributed by atoms with Crippen molar-refractivity contribution in [2.75, 3.05) is 32.1 Å². The summed E-state index contributed by atoms with van der Waals surface area (Å²) in [5.74, 6) is -2.41. The minimum atomic E-state index is -1.10. The van der Waals surface area contributed by atoms with Gasteiger partial charge in [-0.05, 0) is 82.6 Å². The van der Waals surface area contributed by atoms with Gasteiger partial charge in [-0.25, -0.2) is 4.79 Å². The van der Waals surface area contributed by atoms with Crippen LogP contribution in [0.2, 0.25) is 5.02 Å². The number of ether oxygens (including phenoxy) is 1. The molecule has 1 aromatic heterocycles. The normalized spacial score (nSPS) is 14.2. The fraction of sp³-hybridized carbons (Fsp3) is 0.194. The first-order valence-corrected chi connectivity index (χ1v) is 14.2. The molecule has 3 aromatic carbocycles. The van der Waals surface area contributed by atoms with Gasteiger partial charge in [0, 0.05) is 48.1 Å². The first-order chi connectivity index (χ1) is 21.8. The number of rotatable bonds is 10. The molecule has 1 atom stereocenters. The summed E-state index contributed by atoms with van der Waals surface area (Å²) in [6.07, 6.45) is 4.65. The minimum absolute atomic E-state index is 0.0594. The van der Waals surface area contributed by atoms with E-state index in [4.69, 9.17) is 16.3 Å². The van der Waals surface area contributed by atoms with E-state index in [-0.39, 0.29) is 18.0 Å². The molecule has 4 aromatic rings. The van der Waals surface area contributed by atoms with Crippen molar-refractivity contribution in [1.82, 2.24) is 30.4 Å². The summed E-state index contributed by atoms with van der Waals surface area (Å²) in [6.45, 7) is 0.785. The van der Waals surface area contributed by atoms with Crippen molar-refractivity contribution in [2.45, 2.75) is 12.5 Å². The molecule has 2 heterocycles. The van der Waals surface area contributed by atoms with Gasteiger partial charge in [-0.15, -0.1) is 5.10 Å². The summed E-state index contributed by atoms with van der Waals surface area (Å²) in [7, 11) is 1.54. The maximum atomic E-state index is 13.9. The van der Waals surface area contributed by atoms with Crippen molar-refractivity contribution >= 4 is 47.1 Å². The van der Waals surface area contributed by atoms with Crippen molar-refractivity contribution < 1.29 is 29.0 Å². The van der Waals surface area contributed by atoms with E-state index in [1.807, 2.05) is 0 Å². The molecule has 1 aliphatic heterocycles. The van der Waals surface area contributed by atoms with E-state index in [0.29, 0.717) is 58.2 Å². The molecular weight excluding hydrogens is 602 g/mol. The Kier molecular flexibility index (Phi) is 9.61. The number of carbonyl (C=O) groups is 4. The van der Waals surface area contributed by atoms with Crippen molar-refractivity contribution in [3.63, 3.8) is 0 Å². The van der Waals surface area contributed by atoms with Crippen LogP contribution >= 0.6 is 11.6 Å². The third kappa shape index (κ3) is 7.06. The van der Waals surface area contributed by atoms with Gasteiger partial charge in [0.2, 0.25) is 5.91 Å². The highest BCUT2D eigenvalue weighted by Gasteiger charge is 2.37. The van der Waals surface area contributed by atoms with Crippen molar-refractivity contribution in [3.05, 3.63) is 106 Å². The second kappa shape index (κ2) is 13.9. The maximum Gasteiger partial charge on any atom is 0.335 e. The Bertz CT molecular complexity index is 1760. The van der Waals surface area contributed by atoms with Gasteiger partial charge in [-0.2, -0.15) is 4.68 Å². The van der Waals surface area contributed by atoms with E-state index in [0.717, 1.165) is 0 Å². The number of carboxylic acids is 1. The predicted molar refractivity (Wildman–Crippen MR) is 164 cm³/mol. The lowest BCUT2D eigenvalue weighted by molar-refractivity contribution is -0.135. The van der Waals surface area contributed by atoms with Crippen LogP contribution in [-0.4, -0.2) is 80.7 Å². The van der Waals surface area contributed by atoms with Crippen LogP contribution in [0.3, 0.4) is 0 Å². The van der Waals surface area contributed by atoms with Crippen LogP contribution in [0.1, 0.15) is 43.4 Å². The number of hydrogen-bond donors (Lipinski definition) is 3. The second-order valence-corrected chi connectivity index (χ2v) is 10.4.